The standard InChI is InChI=1S/C11H11ClN2O2/c1-2-3-4-7-13-10-8(11(15)16)5-6-9(12)14-10/h5-6H,4,7H2,1H3,(H,13,14)(H,15,16). The Hall–Kier alpha value is -1.73. The number of rotatable bonds is 4. The van der Waals surface area contributed by atoms with Gasteiger partial charge in [0.2, 0.25) is 0 Å². The molecule has 2 N–H and O–H groups in total. The Kier molecular flexibility index (Phi) is 4.62. The molecule has 0 aliphatic carbocycles. The fourth-order valence-electron chi connectivity index (χ4n) is 1.11. The number of aromatic nitrogens is 1. The monoisotopic (exact) mass is 238 g/mol. The maximum absolute atomic E-state index is 10.9. The highest BCUT2D eigenvalue weighted by Gasteiger charge is 2.11. The fourth-order valence-corrected chi connectivity index (χ4v) is 1.26. The Morgan fingerprint density at radius 3 is 3.00 bits per heavy atom. The summed E-state index contributed by atoms with van der Waals surface area (Å²) >= 11 is 5.69. The van der Waals surface area contributed by atoms with Crippen molar-refractivity contribution in [3.8, 4) is 11.8 Å². The molecule has 0 atom stereocenters. The molecule has 0 aliphatic heterocycles. The van der Waals surface area contributed by atoms with Crippen LogP contribution in [0.4, 0.5) is 5.82 Å². The molecule has 1 aromatic rings. The van der Waals surface area contributed by atoms with Gasteiger partial charge in [0.25, 0.3) is 0 Å². The molecule has 0 saturated heterocycles. The van der Waals surface area contributed by atoms with Crippen LogP contribution in [0.5, 0.6) is 0 Å². The lowest BCUT2D eigenvalue weighted by molar-refractivity contribution is 0.0697. The van der Waals surface area contributed by atoms with E-state index in [1.54, 1.807) is 6.92 Å². The van der Waals surface area contributed by atoms with Crippen molar-refractivity contribution in [2.75, 3.05) is 11.9 Å². The number of carboxylic acids is 1. The molecule has 1 rings (SSSR count). The zero-order valence-corrected chi connectivity index (χ0v) is 9.51. The van der Waals surface area contributed by atoms with Crippen LogP contribution in [0.2, 0.25) is 5.15 Å². The largest absolute Gasteiger partial charge is 0.478 e. The van der Waals surface area contributed by atoms with Crippen molar-refractivity contribution in [1.29, 1.82) is 0 Å². The van der Waals surface area contributed by atoms with Crippen molar-refractivity contribution < 1.29 is 9.90 Å². The van der Waals surface area contributed by atoms with Crippen molar-refractivity contribution in [2.45, 2.75) is 13.3 Å². The molecule has 0 amide bonds. The number of halogens is 1. The predicted molar refractivity (Wildman–Crippen MR) is 62.8 cm³/mol. The van der Waals surface area contributed by atoms with Crippen molar-refractivity contribution in [1.82, 2.24) is 4.98 Å². The summed E-state index contributed by atoms with van der Waals surface area (Å²) in [7, 11) is 0. The molecule has 0 unspecified atom stereocenters. The second-order valence-corrected chi connectivity index (χ2v) is 3.33. The molecule has 1 aromatic heterocycles. The summed E-state index contributed by atoms with van der Waals surface area (Å²) in [6.07, 6.45) is 0.629. The molecular weight excluding hydrogens is 228 g/mol. The fraction of sp³-hybridized carbons (Fsp3) is 0.273. The molecule has 0 spiro atoms. The van der Waals surface area contributed by atoms with Crippen molar-refractivity contribution in [3.63, 3.8) is 0 Å². The highest BCUT2D eigenvalue weighted by atomic mass is 35.5. The van der Waals surface area contributed by atoms with Crippen LogP contribution in [-0.2, 0) is 0 Å². The lowest BCUT2D eigenvalue weighted by Crippen LogP contribution is -2.09. The van der Waals surface area contributed by atoms with Gasteiger partial charge in [-0.1, -0.05) is 11.6 Å². The van der Waals surface area contributed by atoms with E-state index in [0.717, 1.165) is 0 Å². The summed E-state index contributed by atoms with van der Waals surface area (Å²) in [6.45, 7) is 2.29. The lowest BCUT2D eigenvalue weighted by Gasteiger charge is -2.06. The molecule has 0 fully saturated rings. The molecule has 16 heavy (non-hydrogen) atoms. The first-order chi connectivity index (χ1) is 7.65. The highest BCUT2D eigenvalue weighted by Crippen LogP contribution is 2.16. The van der Waals surface area contributed by atoms with E-state index < -0.39 is 5.97 Å². The molecular formula is C11H11ClN2O2. The third-order valence-corrected chi connectivity index (χ3v) is 2.02. The Morgan fingerprint density at radius 1 is 1.62 bits per heavy atom. The molecule has 0 radical (unpaired) electrons. The van der Waals surface area contributed by atoms with Gasteiger partial charge in [-0.25, -0.2) is 9.78 Å². The van der Waals surface area contributed by atoms with Crippen molar-refractivity contribution in [3.05, 3.63) is 22.8 Å². The van der Waals surface area contributed by atoms with Gasteiger partial charge in [0.05, 0.1) is 0 Å². The van der Waals surface area contributed by atoms with Crippen LogP contribution in [0.15, 0.2) is 12.1 Å². The zero-order valence-electron chi connectivity index (χ0n) is 8.75. The van der Waals surface area contributed by atoms with Crippen molar-refractivity contribution in [2.24, 2.45) is 0 Å². The van der Waals surface area contributed by atoms with Gasteiger partial charge in [-0.2, -0.15) is 0 Å². The van der Waals surface area contributed by atoms with Crippen LogP contribution < -0.4 is 5.32 Å². The molecule has 4 nitrogen and oxygen atoms in total. The van der Waals surface area contributed by atoms with Gasteiger partial charge < -0.3 is 10.4 Å². The number of pyridine rings is 1. The SMILES string of the molecule is CC#CCCNc1nc(Cl)ccc1C(=O)O. The van der Waals surface area contributed by atoms with Gasteiger partial charge in [0, 0.05) is 13.0 Å². The lowest BCUT2D eigenvalue weighted by atomic mass is 10.2. The molecule has 0 bridgehead atoms. The number of nitrogens with one attached hydrogen (secondary N) is 1. The minimum absolute atomic E-state index is 0.105. The quantitative estimate of drug-likeness (QED) is 0.480. The number of aromatic carboxylic acids is 1. The third kappa shape index (κ3) is 3.44. The number of hydrogen-bond donors (Lipinski definition) is 2. The zero-order chi connectivity index (χ0) is 12.0. The van der Waals surface area contributed by atoms with E-state index in [9.17, 15) is 4.79 Å². The first-order valence-electron chi connectivity index (χ1n) is 4.68. The smallest absolute Gasteiger partial charge is 0.339 e. The molecule has 0 saturated carbocycles. The topological polar surface area (TPSA) is 62.2 Å². The van der Waals surface area contributed by atoms with E-state index in [1.807, 2.05) is 0 Å². The van der Waals surface area contributed by atoms with Gasteiger partial charge in [-0.3, -0.25) is 0 Å². The van der Waals surface area contributed by atoms with Gasteiger partial charge >= 0.3 is 5.97 Å². The Bertz CT molecular complexity index is 449. The maximum atomic E-state index is 10.9. The van der Waals surface area contributed by atoms with Crippen molar-refractivity contribution >= 4 is 23.4 Å². The summed E-state index contributed by atoms with van der Waals surface area (Å²) in [4.78, 5) is 14.8. The van der Waals surface area contributed by atoms with E-state index in [-0.39, 0.29) is 16.5 Å². The first-order valence-corrected chi connectivity index (χ1v) is 5.06. The molecule has 1 heterocycles. The van der Waals surface area contributed by atoms with Crippen LogP contribution in [0.1, 0.15) is 23.7 Å². The number of nitrogens with zero attached hydrogens (tertiary/aromatic N) is 1. The normalized spacial score (nSPS) is 9.12. The summed E-state index contributed by atoms with van der Waals surface area (Å²) < 4.78 is 0. The van der Waals surface area contributed by atoms with Gasteiger partial charge in [-0.15, -0.1) is 11.8 Å². The van der Waals surface area contributed by atoms with Crippen LogP contribution in [0.25, 0.3) is 0 Å². The Morgan fingerprint density at radius 2 is 2.38 bits per heavy atom. The minimum atomic E-state index is -1.03. The van der Waals surface area contributed by atoms with E-state index in [0.29, 0.717) is 13.0 Å². The second-order valence-electron chi connectivity index (χ2n) is 2.94. The Labute approximate surface area is 98.6 Å². The average Bonchev–Trinajstić information content (AvgIpc) is 2.24. The molecule has 0 aliphatic rings. The van der Waals surface area contributed by atoms with Crippen LogP contribution in [0, 0.1) is 11.8 Å². The minimum Gasteiger partial charge on any atom is -0.478 e. The number of anilines is 1. The van der Waals surface area contributed by atoms with Gasteiger partial charge in [-0.05, 0) is 19.1 Å². The number of carbonyl (C=O) groups is 1. The molecule has 84 valence electrons. The summed E-state index contributed by atoms with van der Waals surface area (Å²) in [5.41, 5.74) is 0.105. The summed E-state index contributed by atoms with van der Waals surface area (Å²) in [5.74, 6) is 4.85. The molecule has 5 heteroatoms. The summed E-state index contributed by atoms with van der Waals surface area (Å²) in [6, 6.07) is 2.87. The van der Waals surface area contributed by atoms with Gasteiger partial charge in [0.1, 0.15) is 16.5 Å². The van der Waals surface area contributed by atoms with E-state index in [4.69, 9.17) is 16.7 Å². The number of carboxylic acid groups (broad SMARTS) is 1. The van der Waals surface area contributed by atoms with E-state index in [2.05, 4.69) is 22.1 Å². The Balaban J connectivity index is 2.78. The third-order valence-electron chi connectivity index (χ3n) is 1.81. The first kappa shape index (κ1) is 12.3. The predicted octanol–water partition coefficient (Wildman–Crippen LogP) is 2.26. The van der Waals surface area contributed by atoms with Crippen LogP contribution >= 0.6 is 11.6 Å². The number of hydrogen-bond acceptors (Lipinski definition) is 3. The summed E-state index contributed by atoms with van der Waals surface area (Å²) in [5, 5.41) is 12.1. The van der Waals surface area contributed by atoms with E-state index in [1.165, 1.54) is 12.1 Å². The maximum Gasteiger partial charge on any atom is 0.339 e. The second kappa shape index (κ2) is 5.99. The van der Waals surface area contributed by atoms with Gasteiger partial charge in [0.15, 0.2) is 0 Å². The average molecular weight is 239 g/mol. The van der Waals surface area contributed by atoms with Crippen LogP contribution in [-0.4, -0.2) is 22.6 Å². The highest BCUT2D eigenvalue weighted by molar-refractivity contribution is 6.29. The van der Waals surface area contributed by atoms with E-state index >= 15 is 0 Å². The van der Waals surface area contributed by atoms with Crippen LogP contribution in [0.3, 0.4) is 0 Å². The molecule has 0 aromatic carbocycles.